The fraction of sp³-hybridized carbons (Fsp3) is 0.357. The van der Waals surface area contributed by atoms with Crippen LogP contribution in [0.2, 0.25) is 0 Å². The van der Waals surface area contributed by atoms with E-state index in [2.05, 4.69) is 35.4 Å². The maximum Gasteiger partial charge on any atom is 0.0991 e. The first kappa shape index (κ1) is 10.5. The van der Waals surface area contributed by atoms with Crippen molar-refractivity contribution in [2.75, 3.05) is 0 Å². The minimum Gasteiger partial charge on any atom is -0.310 e. The largest absolute Gasteiger partial charge is 0.310 e. The SMILES string of the molecule is Cc1cc(-n2ccnc2)ccc1CNC1CC1. The molecular weight excluding hydrogens is 210 g/mol. The molecule has 3 heteroatoms. The molecule has 1 fully saturated rings. The van der Waals surface area contributed by atoms with Crippen molar-refractivity contribution in [3.8, 4) is 5.69 Å². The first-order valence-electron chi connectivity index (χ1n) is 6.14. The molecule has 1 aliphatic carbocycles. The van der Waals surface area contributed by atoms with Crippen molar-refractivity contribution in [2.24, 2.45) is 0 Å². The summed E-state index contributed by atoms with van der Waals surface area (Å²) in [6.07, 6.45) is 8.28. The quantitative estimate of drug-likeness (QED) is 0.869. The highest BCUT2D eigenvalue weighted by Gasteiger charge is 2.20. The second-order valence-corrected chi connectivity index (χ2v) is 4.74. The molecule has 0 atom stereocenters. The Morgan fingerprint density at radius 3 is 2.94 bits per heavy atom. The van der Waals surface area contributed by atoms with Crippen molar-refractivity contribution in [1.29, 1.82) is 0 Å². The van der Waals surface area contributed by atoms with E-state index in [0.29, 0.717) is 0 Å². The van der Waals surface area contributed by atoms with E-state index in [1.807, 2.05) is 17.1 Å². The summed E-state index contributed by atoms with van der Waals surface area (Å²) in [7, 11) is 0. The number of imidazole rings is 1. The van der Waals surface area contributed by atoms with E-state index in [0.717, 1.165) is 12.6 Å². The van der Waals surface area contributed by atoms with Gasteiger partial charge in [0.1, 0.15) is 0 Å². The third-order valence-electron chi connectivity index (χ3n) is 3.29. The van der Waals surface area contributed by atoms with Crippen molar-refractivity contribution >= 4 is 0 Å². The standard InChI is InChI=1S/C14H17N3/c1-11-8-14(17-7-6-15-10-17)5-2-12(11)9-16-13-3-4-13/h2,5-8,10,13,16H,3-4,9H2,1H3. The van der Waals surface area contributed by atoms with Gasteiger partial charge in [-0.05, 0) is 43.0 Å². The molecule has 0 radical (unpaired) electrons. The zero-order valence-electron chi connectivity index (χ0n) is 10.1. The molecule has 0 aliphatic heterocycles. The van der Waals surface area contributed by atoms with E-state index in [1.54, 1.807) is 6.20 Å². The van der Waals surface area contributed by atoms with E-state index in [4.69, 9.17) is 0 Å². The first-order valence-corrected chi connectivity index (χ1v) is 6.14. The molecule has 3 rings (SSSR count). The van der Waals surface area contributed by atoms with Gasteiger partial charge < -0.3 is 9.88 Å². The van der Waals surface area contributed by atoms with Gasteiger partial charge in [0.2, 0.25) is 0 Å². The molecule has 0 unspecified atom stereocenters. The average molecular weight is 227 g/mol. The molecule has 0 spiro atoms. The number of nitrogens with zero attached hydrogens (tertiary/aromatic N) is 2. The van der Waals surface area contributed by atoms with Crippen molar-refractivity contribution < 1.29 is 0 Å². The van der Waals surface area contributed by atoms with Crippen LogP contribution in [0.25, 0.3) is 5.69 Å². The van der Waals surface area contributed by atoms with Gasteiger partial charge in [0.05, 0.1) is 6.33 Å². The Labute approximate surface area is 101 Å². The second kappa shape index (κ2) is 4.34. The maximum atomic E-state index is 4.07. The molecule has 1 N–H and O–H groups in total. The number of hydrogen-bond acceptors (Lipinski definition) is 2. The summed E-state index contributed by atoms with van der Waals surface area (Å²) < 4.78 is 2.03. The van der Waals surface area contributed by atoms with Crippen LogP contribution in [0.1, 0.15) is 24.0 Å². The molecule has 1 aromatic heterocycles. The minimum atomic E-state index is 0.766. The van der Waals surface area contributed by atoms with Crippen molar-refractivity contribution in [3.05, 3.63) is 48.0 Å². The van der Waals surface area contributed by atoms with Crippen LogP contribution in [-0.4, -0.2) is 15.6 Å². The van der Waals surface area contributed by atoms with E-state index in [1.165, 1.54) is 29.7 Å². The molecule has 1 aromatic carbocycles. The molecule has 0 amide bonds. The van der Waals surface area contributed by atoms with Gasteiger partial charge in [-0.3, -0.25) is 0 Å². The molecule has 0 bridgehead atoms. The smallest absolute Gasteiger partial charge is 0.0991 e. The first-order chi connectivity index (χ1) is 8.33. The van der Waals surface area contributed by atoms with E-state index < -0.39 is 0 Å². The van der Waals surface area contributed by atoms with Crippen molar-refractivity contribution in [2.45, 2.75) is 32.4 Å². The minimum absolute atomic E-state index is 0.766. The highest BCUT2D eigenvalue weighted by molar-refractivity contribution is 5.40. The summed E-state index contributed by atoms with van der Waals surface area (Å²) in [5.41, 5.74) is 3.90. The highest BCUT2D eigenvalue weighted by atomic mass is 15.0. The zero-order chi connectivity index (χ0) is 11.7. The number of hydrogen-bond donors (Lipinski definition) is 1. The summed E-state index contributed by atoms with van der Waals surface area (Å²) in [5.74, 6) is 0. The lowest BCUT2D eigenvalue weighted by Gasteiger charge is -2.09. The zero-order valence-corrected chi connectivity index (χ0v) is 10.1. The predicted molar refractivity (Wildman–Crippen MR) is 68.2 cm³/mol. The monoisotopic (exact) mass is 227 g/mol. The van der Waals surface area contributed by atoms with Gasteiger partial charge in [-0.1, -0.05) is 6.07 Å². The summed E-state index contributed by atoms with van der Waals surface area (Å²) in [5, 5.41) is 3.55. The predicted octanol–water partition coefficient (Wildman–Crippen LogP) is 2.43. The average Bonchev–Trinajstić information content (AvgIpc) is 3.00. The van der Waals surface area contributed by atoms with Crippen LogP contribution in [0.3, 0.4) is 0 Å². The van der Waals surface area contributed by atoms with E-state index in [-0.39, 0.29) is 0 Å². The highest BCUT2D eigenvalue weighted by Crippen LogP contribution is 2.20. The van der Waals surface area contributed by atoms with Gasteiger partial charge in [0.15, 0.2) is 0 Å². The fourth-order valence-corrected chi connectivity index (χ4v) is 1.99. The van der Waals surface area contributed by atoms with Crippen LogP contribution < -0.4 is 5.32 Å². The summed E-state index contributed by atoms with van der Waals surface area (Å²) >= 11 is 0. The molecule has 1 saturated carbocycles. The lowest BCUT2D eigenvalue weighted by molar-refractivity contribution is 0.685. The van der Waals surface area contributed by atoms with Crippen LogP contribution in [-0.2, 0) is 6.54 Å². The van der Waals surface area contributed by atoms with Crippen LogP contribution >= 0.6 is 0 Å². The second-order valence-electron chi connectivity index (χ2n) is 4.74. The number of aromatic nitrogens is 2. The van der Waals surface area contributed by atoms with Gasteiger partial charge >= 0.3 is 0 Å². The Bertz CT molecular complexity index is 498. The van der Waals surface area contributed by atoms with Gasteiger partial charge in [-0.2, -0.15) is 0 Å². The Morgan fingerprint density at radius 2 is 2.29 bits per heavy atom. The Morgan fingerprint density at radius 1 is 1.41 bits per heavy atom. The lowest BCUT2D eigenvalue weighted by Crippen LogP contribution is -2.16. The van der Waals surface area contributed by atoms with Crippen molar-refractivity contribution in [3.63, 3.8) is 0 Å². The lowest BCUT2D eigenvalue weighted by atomic mass is 10.1. The number of aryl methyl sites for hydroxylation is 1. The Hall–Kier alpha value is -1.61. The molecule has 1 heterocycles. The molecule has 3 nitrogen and oxygen atoms in total. The van der Waals surface area contributed by atoms with Crippen molar-refractivity contribution in [1.82, 2.24) is 14.9 Å². The van der Waals surface area contributed by atoms with Crippen LogP contribution in [0.15, 0.2) is 36.9 Å². The van der Waals surface area contributed by atoms with E-state index >= 15 is 0 Å². The van der Waals surface area contributed by atoms with Gasteiger partial charge in [-0.25, -0.2) is 4.98 Å². The summed E-state index contributed by atoms with van der Waals surface area (Å²) in [6.45, 7) is 3.16. The Kier molecular flexibility index (Phi) is 2.69. The number of nitrogens with one attached hydrogen (secondary N) is 1. The fourth-order valence-electron chi connectivity index (χ4n) is 1.99. The van der Waals surface area contributed by atoms with E-state index in [9.17, 15) is 0 Å². The van der Waals surface area contributed by atoms with Crippen LogP contribution in [0.4, 0.5) is 0 Å². The molecule has 2 aromatic rings. The molecular formula is C14H17N3. The summed E-state index contributed by atoms with van der Waals surface area (Å²) in [4.78, 5) is 4.07. The maximum absolute atomic E-state index is 4.07. The molecule has 88 valence electrons. The molecule has 0 saturated heterocycles. The van der Waals surface area contributed by atoms with Gasteiger partial charge in [0.25, 0.3) is 0 Å². The van der Waals surface area contributed by atoms with Gasteiger partial charge in [0, 0.05) is 30.7 Å². The molecule has 17 heavy (non-hydrogen) atoms. The van der Waals surface area contributed by atoms with Crippen LogP contribution in [0.5, 0.6) is 0 Å². The number of benzene rings is 1. The third kappa shape index (κ3) is 2.39. The number of rotatable bonds is 4. The normalized spacial score (nSPS) is 15.1. The topological polar surface area (TPSA) is 29.9 Å². The van der Waals surface area contributed by atoms with Crippen LogP contribution in [0, 0.1) is 6.92 Å². The Balaban J connectivity index is 1.78. The molecule has 1 aliphatic rings. The van der Waals surface area contributed by atoms with Gasteiger partial charge in [-0.15, -0.1) is 0 Å². The summed E-state index contributed by atoms with van der Waals surface area (Å²) in [6, 6.07) is 7.34. The third-order valence-corrected chi connectivity index (χ3v) is 3.29.